The number of nitrogens with one attached hydrogen (secondary N) is 1. The maximum atomic E-state index is 11.8. The number of amides is 2. The fourth-order valence-corrected chi connectivity index (χ4v) is 1.73. The smallest absolute Gasteiger partial charge is 0.248 e. The molecule has 2 unspecified atom stereocenters. The Hall–Kier alpha value is -1.14. The van der Waals surface area contributed by atoms with Crippen molar-refractivity contribution in [2.24, 2.45) is 5.73 Å². The molecule has 0 aromatic heterocycles. The molecule has 1 saturated heterocycles. The molecule has 4 N–H and O–H groups in total. The van der Waals surface area contributed by atoms with Gasteiger partial charge in [0, 0.05) is 6.54 Å². The molecule has 16 heavy (non-hydrogen) atoms. The third-order valence-electron chi connectivity index (χ3n) is 2.66. The van der Waals surface area contributed by atoms with Gasteiger partial charge in [-0.2, -0.15) is 0 Å². The van der Waals surface area contributed by atoms with E-state index in [1.54, 1.807) is 0 Å². The van der Waals surface area contributed by atoms with Gasteiger partial charge in [0.2, 0.25) is 11.8 Å². The van der Waals surface area contributed by atoms with Crippen LogP contribution in [0.2, 0.25) is 0 Å². The first-order valence-corrected chi connectivity index (χ1v) is 5.55. The van der Waals surface area contributed by atoms with Gasteiger partial charge in [-0.25, -0.2) is 0 Å². The van der Waals surface area contributed by atoms with Gasteiger partial charge < -0.3 is 21.1 Å². The van der Waals surface area contributed by atoms with Crippen molar-refractivity contribution in [2.75, 3.05) is 19.6 Å². The molecule has 0 aliphatic carbocycles. The lowest BCUT2D eigenvalue weighted by Crippen LogP contribution is -2.44. The SMILES string of the molecule is CCCNC1CCN(CC(O)C(N)=O)C1=O. The lowest BCUT2D eigenvalue weighted by Gasteiger charge is -2.19. The molecule has 1 heterocycles. The van der Waals surface area contributed by atoms with Crippen molar-refractivity contribution in [3.8, 4) is 0 Å². The van der Waals surface area contributed by atoms with E-state index in [0.717, 1.165) is 13.0 Å². The number of primary amides is 1. The van der Waals surface area contributed by atoms with Crippen molar-refractivity contribution in [1.29, 1.82) is 0 Å². The minimum atomic E-state index is -1.27. The monoisotopic (exact) mass is 229 g/mol. The highest BCUT2D eigenvalue weighted by Gasteiger charge is 2.32. The predicted molar refractivity (Wildman–Crippen MR) is 58.5 cm³/mol. The van der Waals surface area contributed by atoms with Crippen molar-refractivity contribution in [3.05, 3.63) is 0 Å². The highest BCUT2D eigenvalue weighted by molar-refractivity contribution is 5.85. The van der Waals surface area contributed by atoms with Crippen LogP contribution in [0.4, 0.5) is 0 Å². The Balaban J connectivity index is 2.41. The maximum absolute atomic E-state index is 11.8. The van der Waals surface area contributed by atoms with Crippen LogP contribution in [0.1, 0.15) is 19.8 Å². The molecular formula is C10H19N3O3. The van der Waals surface area contributed by atoms with E-state index in [-0.39, 0.29) is 18.5 Å². The number of rotatable bonds is 6. The summed E-state index contributed by atoms with van der Waals surface area (Å²) in [7, 11) is 0. The molecule has 6 heteroatoms. The highest BCUT2D eigenvalue weighted by Crippen LogP contribution is 2.11. The van der Waals surface area contributed by atoms with Gasteiger partial charge in [-0.3, -0.25) is 9.59 Å². The van der Waals surface area contributed by atoms with Gasteiger partial charge in [0.05, 0.1) is 12.6 Å². The lowest BCUT2D eigenvalue weighted by atomic mass is 10.2. The minimum Gasteiger partial charge on any atom is -0.381 e. The molecule has 0 radical (unpaired) electrons. The molecule has 1 aliphatic rings. The summed E-state index contributed by atoms with van der Waals surface area (Å²) in [6, 6.07) is -0.181. The Morgan fingerprint density at radius 1 is 1.75 bits per heavy atom. The number of likely N-dealkylation sites (tertiary alicyclic amines) is 1. The summed E-state index contributed by atoms with van der Waals surface area (Å²) in [5, 5.41) is 12.4. The molecule has 6 nitrogen and oxygen atoms in total. The second kappa shape index (κ2) is 5.81. The van der Waals surface area contributed by atoms with E-state index >= 15 is 0 Å². The van der Waals surface area contributed by atoms with E-state index < -0.39 is 12.0 Å². The molecule has 1 rings (SSSR count). The summed E-state index contributed by atoms with van der Waals surface area (Å²) < 4.78 is 0. The Morgan fingerprint density at radius 2 is 2.44 bits per heavy atom. The third-order valence-corrected chi connectivity index (χ3v) is 2.66. The minimum absolute atomic E-state index is 0.00152. The van der Waals surface area contributed by atoms with E-state index in [1.807, 2.05) is 6.92 Å². The summed E-state index contributed by atoms with van der Waals surface area (Å²) in [4.78, 5) is 23.9. The third kappa shape index (κ3) is 3.18. The van der Waals surface area contributed by atoms with Crippen LogP contribution >= 0.6 is 0 Å². The predicted octanol–water partition coefficient (Wildman–Crippen LogP) is -1.57. The zero-order valence-corrected chi connectivity index (χ0v) is 9.48. The lowest BCUT2D eigenvalue weighted by molar-refractivity contribution is -0.133. The molecule has 1 aliphatic heterocycles. The number of aliphatic hydroxyl groups excluding tert-OH is 1. The van der Waals surface area contributed by atoms with Gasteiger partial charge in [-0.15, -0.1) is 0 Å². The van der Waals surface area contributed by atoms with E-state index in [9.17, 15) is 14.7 Å². The molecular weight excluding hydrogens is 210 g/mol. The van der Waals surface area contributed by atoms with Gasteiger partial charge >= 0.3 is 0 Å². The zero-order valence-electron chi connectivity index (χ0n) is 9.48. The summed E-state index contributed by atoms with van der Waals surface area (Å²) in [5.41, 5.74) is 4.93. The van der Waals surface area contributed by atoms with E-state index in [1.165, 1.54) is 4.90 Å². The van der Waals surface area contributed by atoms with Crippen molar-refractivity contribution in [3.63, 3.8) is 0 Å². The molecule has 1 fully saturated rings. The van der Waals surface area contributed by atoms with Crippen LogP contribution in [-0.2, 0) is 9.59 Å². The molecule has 0 spiro atoms. The number of carbonyl (C=O) groups is 2. The van der Waals surface area contributed by atoms with Gasteiger partial charge in [0.25, 0.3) is 0 Å². The average molecular weight is 229 g/mol. The number of hydrogen-bond acceptors (Lipinski definition) is 4. The topological polar surface area (TPSA) is 95.7 Å². The normalized spacial score (nSPS) is 22.5. The standard InChI is InChI=1S/C10H19N3O3/c1-2-4-12-7-3-5-13(10(7)16)6-8(14)9(11)15/h7-8,12,14H,2-6H2,1H3,(H2,11,15). The molecule has 0 bridgehead atoms. The first-order valence-electron chi connectivity index (χ1n) is 5.55. The number of hydrogen-bond donors (Lipinski definition) is 3. The maximum Gasteiger partial charge on any atom is 0.248 e. The average Bonchev–Trinajstić information content (AvgIpc) is 2.57. The molecule has 0 saturated carbocycles. The van der Waals surface area contributed by atoms with Crippen LogP contribution in [0.3, 0.4) is 0 Å². The van der Waals surface area contributed by atoms with Gasteiger partial charge in [-0.05, 0) is 19.4 Å². The summed E-state index contributed by atoms with van der Waals surface area (Å²) in [5.74, 6) is -0.855. The number of carbonyl (C=O) groups excluding carboxylic acids is 2. The largest absolute Gasteiger partial charge is 0.381 e. The van der Waals surface area contributed by atoms with Gasteiger partial charge in [-0.1, -0.05) is 6.92 Å². The second-order valence-corrected chi connectivity index (χ2v) is 4.00. The Bertz CT molecular complexity index is 270. The van der Waals surface area contributed by atoms with Crippen LogP contribution < -0.4 is 11.1 Å². The second-order valence-electron chi connectivity index (χ2n) is 4.00. The molecule has 0 aromatic carbocycles. The number of β-amino-alcohol motifs (C(OH)–C–C–N with tert-alkyl or cyclic N) is 1. The Labute approximate surface area is 94.8 Å². The quantitative estimate of drug-likeness (QED) is 0.513. The van der Waals surface area contributed by atoms with Crippen LogP contribution in [0.5, 0.6) is 0 Å². The summed E-state index contributed by atoms with van der Waals surface area (Å²) in [6.45, 7) is 3.38. The van der Waals surface area contributed by atoms with Crippen LogP contribution in [0.25, 0.3) is 0 Å². The van der Waals surface area contributed by atoms with Crippen molar-refractivity contribution in [2.45, 2.75) is 31.9 Å². The summed E-state index contributed by atoms with van der Waals surface area (Å²) in [6.07, 6.45) is 0.409. The van der Waals surface area contributed by atoms with E-state index in [0.29, 0.717) is 13.0 Å². The van der Waals surface area contributed by atoms with Gasteiger partial charge in [0.1, 0.15) is 6.10 Å². The Kier molecular flexibility index (Phi) is 4.70. The molecule has 0 aromatic rings. The van der Waals surface area contributed by atoms with Crippen LogP contribution in [-0.4, -0.2) is 53.6 Å². The van der Waals surface area contributed by atoms with Crippen LogP contribution in [0.15, 0.2) is 0 Å². The first-order chi connectivity index (χ1) is 7.56. The Morgan fingerprint density at radius 3 is 3.00 bits per heavy atom. The fourth-order valence-electron chi connectivity index (χ4n) is 1.73. The summed E-state index contributed by atoms with van der Waals surface area (Å²) >= 11 is 0. The van der Waals surface area contributed by atoms with Crippen molar-refractivity contribution < 1.29 is 14.7 Å². The number of nitrogens with zero attached hydrogens (tertiary/aromatic N) is 1. The molecule has 92 valence electrons. The van der Waals surface area contributed by atoms with Crippen molar-refractivity contribution >= 4 is 11.8 Å². The first kappa shape index (κ1) is 12.9. The number of nitrogens with two attached hydrogens (primary N) is 1. The zero-order chi connectivity index (χ0) is 12.1. The number of aliphatic hydroxyl groups is 1. The molecule has 2 amide bonds. The fraction of sp³-hybridized carbons (Fsp3) is 0.800. The molecule has 2 atom stereocenters. The van der Waals surface area contributed by atoms with E-state index in [2.05, 4.69) is 5.32 Å². The highest BCUT2D eigenvalue weighted by atomic mass is 16.3. The van der Waals surface area contributed by atoms with Gasteiger partial charge in [0.15, 0.2) is 0 Å². The van der Waals surface area contributed by atoms with Crippen LogP contribution in [0, 0.1) is 0 Å². The van der Waals surface area contributed by atoms with Crippen molar-refractivity contribution in [1.82, 2.24) is 10.2 Å². The van der Waals surface area contributed by atoms with E-state index in [4.69, 9.17) is 5.73 Å².